The first kappa shape index (κ1) is 12.3. The summed E-state index contributed by atoms with van der Waals surface area (Å²) in [5.41, 5.74) is 0.684. The number of hydrogen-bond donors (Lipinski definition) is 1. The molecule has 96 valence electrons. The maximum atomic E-state index is 10.8. The number of carbonyl (C=O) groups is 1. The van der Waals surface area contributed by atoms with Gasteiger partial charge >= 0.3 is 0 Å². The van der Waals surface area contributed by atoms with Crippen LogP contribution in [0.5, 0.6) is 11.5 Å². The van der Waals surface area contributed by atoms with Crippen molar-refractivity contribution in [3.05, 3.63) is 23.9 Å². The lowest BCUT2D eigenvalue weighted by molar-refractivity contribution is -0.255. The first-order valence-corrected chi connectivity index (χ1v) is 5.79. The summed E-state index contributed by atoms with van der Waals surface area (Å²) in [4.78, 5) is 13.6. The lowest BCUT2D eigenvalue weighted by Gasteiger charge is -2.08. The highest BCUT2D eigenvalue weighted by atomic mass is 16.5. The van der Waals surface area contributed by atoms with Gasteiger partial charge < -0.3 is 24.4 Å². The number of benzene rings is 1. The Balaban J connectivity index is 2.57. The summed E-state index contributed by atoms with van der Waals surface area (Å²) >= 11 is 0. The van der Waals surface area contributed by atoms with E-state index in [0.717, 1.165) is 0 Å². The van der Waals surface area contributed by atoms with Gasteiger partial charge in [0.05, 0.1) is 30.4 Å². The van der Waals surface area contributed by atoms with Crippen molar-refractivity contribution < 1.29 is 19.4 Å². The quantitative estimate of drug-likeness (QED) is 0.866. The van der Waals surface area contributed by atoms with Crippen LogP contribution in [-0.4, -0.2) is 24.2 Å². The second-order valence-electron chi connectivity index (χ2n) is 3.72. The maximum absolute atomic E-state index is 10.8. The van der Waals surface area contributed by atoms with Crippen LogP contribution in [0.15, 0.2) is 18.2 Å². The highest BCUT2D eigenvalue weighted by molar-refractivity contribution is 5.96. The monoisotopic (exact) mass is 248 g/mol. The molecule has 0 aliphatic heterocycles. The Morgan fingerprint density at radius 2 is 1.94 bits per heavy atom. The predicted octanol–water partition coefficient (Wildman–Crippen LogP) is 1.33. The molecule has 0 bridgehead atoms. The zero-order chi connectivity index (χ0) is 13.1. The number of ether oxygens (including phenoxy) is 2. The molecule has 0 spiro atoms. The Bertz CT molecular complexity index is 574. The molecule has 1 aromatic carbocycles. The number of aromatic nitrogens is 1. The van der Waals surface area contributed by atoms with Crippen LogP contribution in [0.4, 0.5) is 0 Å². The van der Waals surface area contributed by atoms with Gasteiger partial charge in [-0.1, -0.05) is 0 Å². The van der Waals surface area contributed by atoms with E-state index in [1.54, 1.807) is 12.1 Å². The van der Waals surface area contributed by atoms with E-state index in [1.807, 2.05) is 13.8 Å². The van der Waals surface area contributed by atoms with Gasteiger partial charge in [0.25, 0.3) is 0 Å². The van der Waals surface area contributed by atoms with Crippen molar-refractivity contribution in [2.24, 2.45) is 0 Å². The molecule has 0 unspecified atom stereocenters. The van der Waals surface area contributed by atoms with E-state index >= 15 is 0 Å². The average Bonchev–Trinajstić information content (AvgIpc) is 2.74. The van der Waals surface area contributed by atoms with Crippen molar-refractivity contribution in [3.8, 4) is 11.5 Å². The molecule has 0 aliphatic rings. The smallest absolute Gasteiger partial charge is 0.132 e. The van der Waals surface area contributed by atoms with Crippen molar-refractivity contribution in [1.29, 1.82) is 0 Å². The van der Waals surface area contributed by atoms with Gasteiger partial charge in [0.2, 0.25) is 0 Å². The lowest BCUT2D eigenvalue weighted by Crippen LogP contribution is -2.22. The third kappa shape index (κ3) is 2.25. The van der Waals surface area contributed by atoms with Crippen LogP contribution in [0.3, 0.4) is 0 Å². The Hall–Kier alpha value is -2.17. The van der Waals surface area contributed by atoms with E-state index in [0.29, 0.717) is 35.6 Å². The Labute approximate surface area is 104 Å². The molecule has 1 aromatic heterocycles. The first-order valence-electron chi connectivity index (χ1n) is 5.79. The van der Waals surface area contributed by atoms with Crippen LogP contribution < -0.4 is 14.6 Å². The number of hydrogen-bond acceptors (Lipinski definition) is 4. The molecular weight excluding hydrogens is 234 g/mol. The molecule has 0 radical (unpaired) electrons. The number of aromatic carboxylic acids is 1. The summed E-state index contributed by atoms with van der Waals surface area (Å²) in [6.45, 7) is 4.78. The van der Waals surface area contributed by atoms with Crippen LogP contribution in [0.1, 0.15) is 24.3 Å². The molecule has 5 nitrogen and oxygen atoms in total. The van der Waals surface area contributed by atoms with Gasteiger partial charge in [0, 0.05) is 17.5 Å². The molecule has 0 saturated heterocycles. The normalized spacial score (nSPS) is 10.6. The summed E-state index contributed by atoms with van der Waals surface area (Å²) < 4.78 is 10.9. The van der Waals surface area contributed by atoms with Gasteiger partial charge in [-0.3, -0.25) is 0 Å². The van der Waals surface area contributed by atoms with E-state index in [1.165, 1.54) is 6.07 Å². The Kier molecular flexibility index (Phi) is 3.41. The molecule has 0 saturated carbocycles. The molecule has 0 aliphatic carbocycles. The lowest BCUT2D eigenvalue weighted by atomic mass is 10.2. The summed E-state index contributed by atoms with van der Waals surface area (Å²) in [6.07, 6.45) is 0. The number of rotatable bonds is 5. The van der Waals surface area contributed by atoms with E-state index in [4.69, 9.17) is 9.47 Å². The largest absolute Gasteiger partial charge is 0.543 e. The zero-order valence-electron chi connectivity index (χ0n) is 10.3. The summed E-state index contributed by atoms with van der Waals surface area (Å²) in [5, 5.41) is 11.5. The molecule has 0 fully saturated rings. The average molecular weight is 248 g/mol. The number of carboxylic acids is 1. The molecule has 5 heteroatoms. The molecule has 2 aromatic rings. The summed E-state index contributed by atoms with van der Waals surface area (Å²) in [7, 11) is 0. The summed E-state index contributed by atoms with van der Waals surface area (Å²) in [6, 6.07) is 5.00. The van der Waals surface area contributed by atoms with E-state index < -0.39 is 5.97 Å². The van der Waals surface area contributed by atoms with E-state index in [9.17, 15) is 9.90 Å². The molecule has 0 amide bonds. The molecule has 18 heavy (non-hydrogen) atoms. The fourth-order valence-corrected chi connectivity index (χ4v) is 1.81. The van der Waals surface area contributed by atoms with Crippen molar-refractivity contribution in [2.75, 3.05) is 13.2 Å². The molecule has 1 N–H and O–H groups in total. The van der Waals surface area contributed by atoms with Crippen LogP contribution >= 0.6 is 0 Å². The van der Waals surface area contributed by atoms with E-state index in [-0.39, 0.29) is 5.69 Å². The van der Waals surface area contributed by atoms with Crippen molar-refractivity contribution >= 4 is 16.9 Å². The van der Waals surface area contributed by atoms with Crippen molar-refractivity contribution in [1.82, 2.24) is 4.98 Å². The topological polar surface area (TPSA) is 74.4 Å². The second kappa shape index (κ2) is 5.00. The van der Waals surface area contributed by atoms with Crippen molar-refractivity contribution in [3.63, 3.8) is 0 Å². The molecule has 0 atom stereocenters. The van der Waals surface area contributed by atoms with Gasteiger partial charge in [-0.15, -0.1) is 0 Å². The molecule has 1 heterocycles. The molecule has 2 rings (SSSR count). The standard InChI is InChI=1S/C13H15NO4/c1-3-17-8-5-10-9(12(6-8)18-4-2)7-11(14-10)13(15)16/h5-7,14H,3-4H2,1-2H3,(H,15,16)/p-1. The Morgan fingerprint density at radius 1 is 1.22 bits per heavy atom. The van der Waals surface area contributed by atoms with Gasteiger partial charge in [-0.05, 0) is 19.9 Å². The third-order valence-electron chi connectivity index (χ3n) is 2.50. The minimum Gasteiger partial charge on any atom is -0.543 e. The fourth-order valence-electron chi connectivity index (χ4n) is 1.81. The second-order valence-corrected chi connectivity index (χ2v) is 3.72. The number of H-pyrrole nitrogens is 1. The van der Waals surface area contributed by atoms with Crippen LogP contribution in [-0.2, 0) is 0 Å². The molecular formula is C13H14NO4-. The van der Waals surface area contributed by atoms with Gasteiger partial charge in [0.15, 0.2) is 0 Å². The minimum absolute atomic E-state index is 0.0274. The summed E-state index contributed by atoms with van der Waals surface area (Å²) in [5.74, 6) is -0.00555. The number of nitrogens with one attached hydrogen (secondary N) is 1. The maximum Gasteiger partial charge on any atom is 0.132 e. The third-order valence-corrected chi connectivity index (χ3v) is 2.50. The van der Waals surface area contributed by atoms with Gasteiger partial charge in [0.1, 0.15) is 11.5 Å². The van der Waals surface area contributed by atoms with Crippen LogP contribution in [0.2, 0.25) is 0 Å². The number of carboxylic acid groups (broad SMARTS) is 1. The fraction of sp³-hybridized carbons (Fsp3) is 0.308. The number of carbonyl (C=O) groups excluding carboxylic acids is 1. The van der Waals surface area contributed by atoms with Crippen molar-refractivity contribution in [2.45, 2.75) is 13.8 Å². The highest BCUT2D eigenvalue weighted by Crippen LogP contribution is 2.31. The van der Waals surface area contributed by atoms with Gasteiger partial charge in [-0.2, -0.15) is 0 Å². The minimum atomic E-state index is -1.24. The van der Waals surface area contributed by atoms with Crippen LogP contribution in [0, 0.1) is 0 Å². The Morgan fingerprint density at radius 3 is 2.56 bits per heavy atom. The predicted molar refractivity (Wildman–Crippen MR) is 65.0 cm³/mol. The van der Waals surface area contributed by atoms with Gasteiger partial charge in [-0.25, -0.2) is 0 Å². The SMILES string of the molecule is CCOc1cc(OCC)c2cc(C(=O)[O-])[nH]c2c1. The highest BCUT2D eigenvalue weighted by Gasteiger charge is 2.10. The first-order chi connectivity index (χ1) is 8.65. The zero-order valence-corrected chi connectivity index (χ0v) is 10.3. The van der Waals surface area contributed by atoms with Crippen LogP contribution in [0.25, 0.3) is 10.9 Å². The number of aromatic amines is 1. The van der Waals surface area contributed by atoms with E-state index in [2.05, 4.69) is 4.98 Å². The number of fused-ring (bicyclic) bond motifs is 1.